The van der Waals surface area contributed by atoms with E-state index in [-0.39, 0.29) is 0 Å². The molecule has 8 heteroatoms. The quantitative estimate of drug-likeness (QED) is 0.389. The summed E-state index contributed by atoms with van der Waals surface area (Å²) in [5.74, 6) is 6.54. The van der Waals surface area contributed by atoms with Crippen LogP contribution in [0.25, 0.3) is 5.95 Å². The second-order valence-corrected chi connectivity index (χ2v) is 3.66. The summed E-state index contributed by atoms with van der Waals surface area (Å²) < 4.78 is 1.55. The van der Waals surface area contributed by atoms with Gasteiger partial charge in [-0.05, 0) is 12.5 Å². The van der Waals surface area contributed by atoms with Gasteiger partial charge in [0, 0.05) is 18.9 Å². The van der Waals surface area contributed by atoms with Crippen molar-refractivity contribution in [1.29, 1.82) is 0 Å². The maximum absolute atomic E-state index is 5.34. The lowest BCUT2D eigenvalue weighted by atomic mass is 10.3. The fourth-order valence-electron chi connectivity index (χ4n) is 1.37. The molecule has 0 atom stereocenters. The predicted molar refractivity (Wildman–Crippen MR) is 68.2 cm³/mol. The number of hydrazine groups is 1. The Balaban J connectivity index is 2.22. The molecule has 96 valence electrons. The Hall–Kier alpha value is -2.22. The summed E-state index contributed by atoms with van der Waals surface area (Å²) in [4.78, 5) is 12.5. The van der Waals surface area contributed by atoms with Gasteiger partial charge in [-0.25, -0.2) is 10.5 Å². The second-order valence-electron chi connectivity index (χ2n) is 3.66. The Kier molecular flexibility index (Phi) is 4.02. The van der Waals surface area contributed by atoms with Crippen molar-refractivity contribution in [3.05, 3.63) is 18.5 Å². The number of anilines is 2. The van der Waals surface area contributed by atoms with Crippen molar-refractivity contribution < 1.29 is 0 Å². The Morgan fingerprint density at radius 2 is 2.11 bits per heavy atom. The highest BCUT2D eigenvalue weighted by Crippen LogP contribution is 2.07. The third kappa shape index (κ3) is 2.92. The molecule has 0 aliphatic carbocycles. The first-order chi connectivity index (χ1) is 8.83. The van der Waals surface area contributed by atoms with Crippen LogP contribution in [-0.2, 0) is 0 Å². The highest BCUT2D eigenvalue weighted by Gasteiger charge is 2.07. The van der Waals surface area contributed by atoms with Crippen LogP contribution < -0.4 is 16.6 Å². The lowest BCUT2D eigenvalue weighted by Crippen LogP contribution is -2.16. The molecule has 8 nitrogen and oxygen atoms in total. The Morgan fingerprint density at radius 3 is 2.78 bits per heavy atom. The minimum absolute atomic E-state index is 0.300. The van der Waals surface area contributed by atoms with Crippen LogP contribution in [0.3, 0.4) is 0 Å². The zero-order valence-electron chi connectivity index (χ0n) is 10.2. The summed E-state index contributed by atoms with van der Waals surface area (Å²) >= 11 is 0. The molecule has 0 amide bonds. The van der Waals surface area contributed by atoms with Gasteiger partial charge in [0.2, 0.25) is 11.9 Å². The summed E-state index contributed by atoms with van der Waals surface area (Å²) in [5.41, 5.74) is 2.42. The average Bonchev–Trinajstić information content (AvgIpc) is 2.92. The number of aromatic nitrogens is 5. The van der Waals surface area contributed by atoms with E-state index in [4.69, 9.17) is 5.84 Å². The third-order valence-corrected chi connectivity index (χ3v) is 2.28. The van der Waals surface area contributed by atoms with E-state index in [0.29, 0.717) is 17.8 Å². The highest BCUT2D eigenvalue weighted by atomic mass is 15.4. The summed E-state index contributed by atoms with van der Waals surface area (Å²) in [6.45, 7) is 2.93. The minimum atomic E-state index is 0.300. The molecule has 18 heavy (non-hydrogen) atoms. The van der Waals surface area contributed by atoms with Crippen LogP contribution in [0, 0.1) is 0 Å². The van der Waals surface area contributed by atoms with Crippen LogP contribution in [0.4, 0.5) is 11.9 Å². The van der Waals surface area contributed by atoms with E-state index in [1.165, 1.54) is 0 Å². The van der Waals surface area contributed by atoms with Crippen molar-refractivity contribution in [2.24, 2.45) is 5.84 Å². The number of hydrogen-bond acceptors (Lipinski definition) is 7. The van der Waals surface area contributed by atoms with Crippen molar-refractivity contribution in [1.82, 2.24) is 24.7 Å². The van der Waals surface area contributed by atoms with Gasteiger partial charge in [-0.2, -0.15) is 20.1 Å². The average molecular weight is 248 g/mol. The molecular formula is C10H16N8. The van der Waals surface area contributed by atoms with Crippen molar-refractivity contribution in [3.63, 3.8) is 0 Å². The molecule has 0 aromatic carbocycles. The van der Waals surface area contributed by atoms with Crippen LogP contribution in [0.15, 0.2) is 18.5 Å². The van der Waals surface area contributed by atoms with E-state index in [1.54, 1.807) is 23.1 Å². The summed E-state index contributed by atoms with van der Waals surface area (Å²) in [6.07, 6.45) is 5.56. The monoisotopic (exact) mass is 248 g/mol. The first-order valence-electron chi connectivity index (χ1n) is 5.80. The molecule has 0 saturated heterocycles. The lowest BCUT2D eigenvalue weighted by Gasteiger charge is -2.07. The third-order valence-electron chi connectivity index (χ3n) is 2.28. The SMILES string of the molecule is CCCCNc1nc(NN)nc(-n2cccn2)n1. The van der Waals surface area contributed by atoms with Crippen molar-refractivity contribution in [2.75, 3.05) is 17.3 Å². The van der Waals surface area contributed by atoms with Gasteiger partial charge in [0.25, 0.3) is 5.95 Å². The van der Waals surface area contributed by atoms with Crippen LogP contribution in [0.2, 0.25) is 0 Å². The van der Waals surface area contributed by atoms with E-state index in [2.05, 4.69) is 37.7 Å². The van der Waals surface area contributed by atoms with Crippen molar-refractivity contribution in [3.8, 4) is 5.95 Å². The van der Waals surface area contributed by atoms with E-state index >= 15 is 0 Å². The van der Waals surface area contributed by atoms with Gasteiger partial charge in [0.05, 0.1) is 0 Å². The number of hydrogen-bond donors (Lipinski definition) is 3. The van der Waals surface area contributed by atoms with Crippen molar-refractivity contribution >= 4 is 11.9 Å². The lowest BCUT2D eigenvalue weighted by molar-refractivity contribution is 0.786. The number of nitrogens with zero attached hydrogens (tertiary/aromatic N) is 5. The van der Waals surface area contributed by atoms with Crippen LogP contribution in [0.1, 0.15) is 19.8 Å². The fraction of sp³-hybridized carbons (Fsp3) is 0.400. The van der Waals surface area contributed by atoms with Gasteiger partial charge in [0.15, 0.2) is 0 Å². The van der Waals surface area contributed by atoms with Gasteiger partial charge in [-0.1, -0.05) is 13.3 Å². The molecule has 2 heterocycles. The molecule has 0 saturated carbocycles. The fourth-order valence-corrected chi connectivity index (χ4v) is 1.37. The van der Waals surface area contributed by atoms with Gasteiger partial charge >= 0.3 is 0 Å². The van der Waals surface area contributed by atoms with Gasteiger partial charge in [0.1, 0.15) is 0 Å². The number of nitrogen functional groups attached to an aromatic ring is 1. The topological polar surface area (TPSA) is 107 Å². The van der Waals surface area contributed by atoms with Crippen molar-refractivity contribution in [2.45, 2.75) is 19.8 Å². The standard InChI is InChI=1S/C10H16N8/c1-2-3-5-12-8-14-9(17-11)16-10(15-8)18-7-4-6-13-18/h4,6-7H,2-3,5,11H2,1H3,(H2,12,14,15,16,17). The molecule has 2 aromatic heterocycles. The summed E-state index contributed by atoms with van der Waals surface area (Å²) in [5, 5.41) is 7.19. The first-order valence-corrected chi connectivity index (χ1v) is 5.80. The van der Waals surface area contributed by atoms with Gasteiger partial charge in [-0.15, -0.1) is 0 Å². The number of nitrogens with two attached hydrogens (primary N) is 1. The Bertz CT molecular complexity index is 481. The smallest absolute Gasteiger partial charge is 0.257 e. The number of rotatable bonds is 6. The van der Waals surface area contributed by atoms with E-state index in [9.17, 15) is 0 Å². The van der Waals surface area contributed by atoms with Gasteiger partial charge < -0.3 is 5.32 Å². The predicted octanol–water partition coefficient (Wildman–Crippen LogP) is 0.555. The molecule has 0 aliphatic rings. The van der Waals surface area contributed by atoms with E-state index in [0.717, 1.165) is 19.4 Å². The summed E-state index contributed by atoms with van der Waals surface area (Å²) in [6, 6.07) is 1.80. The molecule has 0 bridgehead atoms. The molecule has 2 aromatic rings. The molecule has 0 unspecified atom stereocenters. The molecule has 0 spiro atoms. The minimum Gasteiger partial charge on any atom is -0.354 e. The molecular weight excluding hydrogens is 232 g/mol. The molecule has 2 rings (SSSR count). The molecule has 0 radical (unpaired) electrons. The largest absolute Gasteiger partial charge is 0.354 e. The zero-order valence-corrected chi connectivity index (χ0v) is 10.2. The Morgan fingerprint density at radius 1 is 1.28 bits per heavy atom. The maximum atomic E-state index is 5.34. The van der Waals surface area contributed by atoms with E-state index < -0.39 is 0 Å². The molecule has 0 fully saturated rings. The van der Waals surface area contributed by atoms with Crippen LogP contribution in [-0.4, -0.2) is 31.3 Å². The number of unbranched alkanes of at least 4 members (excludes halogenated alkanes) is 1. The van der Waals surface area contributed by atoms with E-state index in [1.807, 2.05) is 0 Å². The maximum Gasteiger partial charge on any atom is 0.257 e. The molecule has 0 aliphatic heterocycles. The normalized spacial score (nSPS) is 10.3. The summed E-state index contributed by atoms with van der Waals surface area (Å²) in [7, 11) is 0. The second kappa shape index (κ2) is 5.92. The van der Waals surface area contributed by atoms with Crippen LogP contribution in [0.5, 0.6) is 0 Å². The first kappa shape index (κ1) is 12.2. The molecule has 4 N–H and O–H groups in total. The van der Waals surface area contributed by atoms with Crippen LogP contribution >= 0.6 is 0 Å². The van der Waals surface area contributed by atoms with Gasteiger partial charge in [-0.3, -0.25) is 5.43 Å². The highest BCUT2D eigenvalue weighted by molar-refractivity contribution is 5.36. The Labute approximate surface area is 105 Å². The number of nitrogens with one attached hydrogen (secondary N) is 2. The zero-order chi connectivity index (χ0) is 12.8.